The van der Waals surface area contributed by atoms with Crippen molar-refractivity contribution in [1.29, 1.82) is 0 Å². The van der Waals surface area contributed by atoms with Crippen molar-refractivity contribution in [3.63, 3.8) is 0 Å². The van der Waals surface area contributed by atoms with E-state index < -0.39 is 46.1 Å². The summed E-state index contributed by atoms with van der Waals surface area (Å²) in [4.78, 5) is 0. The fourth-order valence-corrected chi connectivity index (χ4v) is 6.00. The molecule has 3 aromatic rings. The molecule has 0 fully saturated rings. The smallest absolute Gasteiger partial charge is 0.255 e. The highest BCUT2D eigenvalue weighted by Gasteiger charge is 2.40. The van der Waals surface area contributed by atoms with Crippen molar-refractivity contribution in [2.45, 2.75) is 18.9 Å². The van der Waals surface area contributed by atoms with Crippen molar-refractivity contribution >= 4 is 48.0 Å². The zero-order valence-corrected chi connectivity index (χ0v) is 17.4. The molecule has 0 saturated carbocycles. The lowest BCUT2D eigenvalue weighted by Crippen LogP contribution is -2.37. The number of fused-ring (bicyclic) bond motifs is 1. The van der Waals surface area contributed by atoms with Crippen LogP contribution in [-0.4, -0.2) is 20.3 Å². The molecular weight excluding hydrogens is 495 g/mol. The number of anilines is 1. The van der Waals surface area contributed by atoms with Gasteiger partial charge in [-0.25, -0.2) is 12.8 Å². The van der Waals surface area contributed by atoms with Crippen molar-refractivity contribution in [2.24, 2.45) is 0 Å². The Labute approximate surface area is 180 Å². The summed E-state index contributed by atoms with van der Waals surface area (Å²) in [6, 6.07) is 7.95. The van der Waals surface area contributed by atoms with E-state index >= 15 is 0 Å². The van der Waals surface area contributed by atoms with Crippen LogP contribution in [0.5, 0.6) is 0 Å². The van der Waals surface area contributed by atoms with Gasteiger partial charge in [-0.2, -0.15) is 26.3 Å². The number of sulfonamides is 1. The number of rotatable bonds is 5. The minimum Gasteiger partial charge on any atom is -0.255 e. The summed E-state index contributed by atoms with van der Waals surface area (Å²) in [5.41, 5.74) is -2.03. The molecule has 0 saturated heterocycles. The second-order valence-electron chi connectivity index (χ2n) is 6.41. The fourth-order valence-electron chi connectivity index (χ4n) is 2.80. The molecule has 168 valence electrons. The molecule has 1 heterocycles. The van der Waals surface area contributed by atoms with Crippen molar-refractivity contribution in [3.05, 3.63) is 64.4 Å². The second-order valence-corrected chi connectivity index (χ2v) is 9.71. The van der Waals surface area contributed by atoms with Gasteiger partial charge >= 0.3 is 12.4 Å². The predicted molar refractivity (Wildman–Crippen MR) is 104 cm³/mol. The normalized spacial score (nSPS) is 13.0. The number of benzene rings is 2. The summed E-state index contributed by atoms with van der Waals surface area (Å²) in [7, 11) is -5.10. The number of nitrogens with zero attached hydrogens (tertiary/aromatic N) is 1. The molecular formula is C18H11ClF7NO2S2. The van der Waals surface area contributed by atoms with Crippen LogP contribution < -0.4 is 4.31 Å². The fraction of sp³-hybridized carbons (Fsp3) is 0.222. The Morgan fingerprint density at radius 3 is 2.23 bits per heavy atom. The first-order chi connectivity index (χ1) is 14.2. The molecule has 0 aliphatic carbocycles. The van der Waals surface area contributed by atoms with Crippen molar-refractivity contribution in [1.82, 2.24) is 0 Å². The van der Waals surface area contributed by atoms with Gasteiger partial charge in [0.1, 0.15) is 10.8 Å². The molecule has 0 aliphatic heterocycles. The summed E-state index contributed by atoms with van der Waals surface area (Å²) >= 11 is 6.98. The maximum absolute atomic E-state index is 13.6. The molecule has 0 unspecified atom stereocenters. The molecule has 3 rings (SSSR count). The van der Waals surface area contributed by atoms with Gasteiger partial charge < -0.3 is 0 Å². The lowest BCUT2D eigenvalue weighted by Gasteiger charge is -2.24. The maximum atomic E-state index is 13.6. The third-order valence-electron chi connectivity index (χ3n) is 4.09. The lowest BCUT2D eigenvalue weighted by atomic mass is 10.1. The second kappa shape index (κ2) is 8.14. The van der Waals surface area contributed by atoms with E-state index in [0.717, 1.165) is 17.4 Å². The highest BCUT2D eigenvalue weighted by molar-refractivity contribution is 7.93. The van der Waals surface area contributed by atoms with E-state index in [1.807, 2.05) is 0 Å². The number of hydrogen-bond acceptors (Lipinski definition) is 3. The first kappa shape index (κ1) is 23.6. The van der Waals surface area contributed by atoms with Crippen LogP contribution >= 0.6 is 22.9 Å². The lowest BCUT2D eigenvalue weighted by molar-refractivity contribution is -0.140. The Morgan fingerprint density at radius 2 is 1.65 bits per heavy atom. The Kier molecular flexibility index (Phi) is 6.20. The van der Waals surface area contributed by atoms with E-state index in [4.69, 9.17) is 11.6 Å². The minimum atomic E-state index is -5.11. The quantitative estimate of drug-likeness (QED) is 0.366. The number of hydrogen-bond donors (Lipinski definition) is 0. The van der Waals surface area contributed by atoms with Crippen LogP contribution in [0.15, 0.2) is 42.5 Å². The third-order valence-corrected chi connectivity index (χ3v) is 7.57. The Morgan fingerprint density at radius 1 is 1.00 bits per heavy atom. The van der Waals surface area contributed by atoms with Gasteiger partial charge in [0.15, 0.2) is 5.75 Å². The van der Waals surface area contributed by atoms with Gasteiger partial charge in [-0.05, 0) is 23.8 Å². The highest BCUT2D eigenvalue weighted by Crippen LogP contribution is 2.44. The van der Waals surface area contributed by atoms with Gasteiger partial charge in [-0.1, -0.05) is 35.9 Å². The average molecular weight is 506 g/mol. The molecule has 2 aromatic carbocycles. The first-order valence-corrected chi connectivity index (χ1v) is 11.1. The zero-order valence-electron chi connectivity index (χ0n) is 15.1. The summed E-state index contributed by atoms with van der Waals surface area (Å²) < 4.78 is 117. The highest BCUT2D eigenvalue weighted by atomic mass is 35.5. The van der Waals surface area contributed by atoms with Crippen LogP contribution in [0.1, 0.15) is 11.1 Å². The number of alkyl halides is 6. The van der Waals surface area contributed by atoms with Gasteiger partial charge in [0.2, 0.25) is 10.0 Å². The molecule has 0 spiro atoms. The molecule has 0 amide bonds. The van der Waals surface area contributed by atoms with Crippen LogP contribution in [0.2, 0.25) is 5.02 Å². The standard InChI is InChI=1S/C18H11ClF7NO2S2/c19-15-11-3-1-2-4-14(11)30-16(15)27(31(28,29)9-17(21,22)23)8-10-5-6-13(20)12(7-10)18(24,25)26/h1-7H,8-9H2. The van der Waals surface area contributed by atoms with Crippen LogP contribution in [0, 0.1) is 5.82 Å². The number of thiophene rings is 1. The van der Waals surface area contributed by atoms with Crippen LogP contribution in [-0.2, 0) is 22.7 Å². The molecule has 13 heteroatoms. The summed E-state index contributed by atoms with van der Waals surface area (Å²) in [5.74, 6) is -3.85. The van der Waals surface area contributed by atoms with E-state index in [9.17, 15) is 39.2 Å². The molecule has 0 aliphatic rings. The monoisotopic (exact) mass is 505 g/mol. The topological polar surface area (TPSA) is 37.4 Å². The summed E-state index contributed by atoms with van der Waals surface area (Å²) in [5, 5.41) is -0.0824. The van der Waals surface area contributed by atoms with Gasteiger partial charge in [-0.15, -0.1) is 11.3 Å². The zero-order chi connectivity index (χ0) is 23.2. The predicted octanol–water partition coefficient (Wildman–Crippen LogP) is 6.61. The first-order valence-electron chi connectivity index (χ1n) is 8.29. The van der Waals surface area contributed by atoms with Gasteiger partial charge in [0, 0.05) is 10.1 Å². The van der Waals surface area contributed by atoms with Gasteiger partial charge in [0.25, 0.3) is 0 Å². The van der Waals surface area contributed by atoms with Crippen LogP contribution in [0.25, 0.3) is 10.1 Å². The van der Waals surface area contributed by atoms with Crippen LogP contribution in [0.4, 0.5) is 35.7 Å². The Hall–Kier alpha value is -2.05. The molecule has 3 nitrogen and oxygen atoms in total. The molecule has 0 N–H and O–H groups in total. The molecule has 0 atom stereocenters. The summed E-state index contributed by atoms with van der Waals surface area (Å²) in [6.45, 7) is -0.908. The molecule has 31 heavy (non-hydrogen) atoms. The summed E-state index contributed by atoms with van der Waals surface area (Å²) in [6.07, 6.45) is -10.2. The Bertz CT molecular complexity index is 1220. The minimum absolute atomic E-state index is 0.162. The van der Waals surface area contributed by atoms with E-state index in [1.54, 1.807) is 18.2 Å². The van der Waals surface area contributed by atoms with Crippen molar-refractivity contribution < 1.29 is 39.2 Å². The number of halogens is 8. The van der Waals surface area contributed by atoms with E-state index in [1.165, 1.54) is 6.07 Å². The largest absolute Gasteiger partial charge is 0.419 e. The van der Waals surface area contributed by atoms with Crippen molar-refractivity contribution in [2.75, 3.05) is 10.1 Å². The van der Waals surface area contributed by atoms with E-state index in [-0.39, 0.29) is 15.6 Å². The maximum Gasteiger partial charge on any atom is 0.419 e. The SMILES string of the molecule is O=S(=O)(CC(F)(F)F)N(Cc1ccc(F)c(C(F)(F)F)c1)c1sc2ccccc2c1Cl. The molecule has 0 bridgehead atoms. The Balaban J connectivity index is 2.14. The molecule has 1 aromatic heterocycles. The van der Waals surface area contributed by atoms with Gasteiger partial charge in [0.05, 0.1) is 17.1 Å². The van der Waals surface area contributed by atoms with Crippen LogP contribution in [0.3, 0.4) is 0 Å². The van der Waals surface area contributed by atoms with E-state index in [0.29, 0.717) is 26.5 Å². The van der Waals surface area contributed by atoms with E-state index in [2.05, 4.69) is 0 Å². The molecule has 0 radical (unpaired) electrons. The third kappa shape index (κ3) is 5.24. The van der Waals surface area contributed by atoms with Crippen molar-refractivity contribution in [3.8, 4) is 0 Å². The average Bonchev–Trinajstić information content (AvgIpc) is 2.94. The van der Waals surface area contributed by atoms with Gasteiger partial charge in [-0.3, -0.25) is 4.31 Å².